The molecule has 2 aromatic carbocycles. The SMILES string of the molecule is CCn1c(C(=O)N2CCN(c3cccc(C)c3)[C@H](C)C2)cc2c(=O)oc3ccccc3c21. The van der Waals surface area contributed by atoms with Gasteiger partial charge >= 0.3 is 5.63 Å². The second kappa shape index (κ2) is 7.86. The van der Waals surface area contributed by atoms with E-state index in [4.69, 9.17) is 4.42 Å². The minimum Gasteiger partial charge on any atom is -0.422 e. The van der Waals surface area contributed by atoms with E-state index in [1.54, 1.807) is 12.1 Å². The fraction of sp³-hybridized carbons (Fsp3) is 0.308. The van der Waals surface area contributed by atoms with Gasteiger partial charge in [-0.25, -0.2) is 4.79 Å². The summed E-state index contributed by atoms with van der Waals surface area (Å²) in [5, 5.41) is 1.31. The second-order valence-corrected chi connectivity index (χ2v) is 8.55. The monoisotopic (exact) mass is 429 g/mol. The Bertz CT molecular complexity index is 1380. The van der Waals surface area contributed by atoms with Gasteiger partial charge in [0.1, 0.15) is 11.3 Å². The topological polar surface area (TPSA) is 58.7 Å². The van der Waals surface area contributed by atoms with Gasteiger partial charge in [-0.15, -0.1) is 0 Å². The molecule has 0 spiro atoms. The maximum atomic E-state index is 13.6. The zero-order valence-electron chi connectivity index (χ0n) is 18.7. The largest absolute Gasteiger partial charge is 0.422 e. The van der Waals surface area contributed by atoms with Crippen LogP contribution in [-0.2, 0) is 6.54 Å². The number of para-hydroxylation sites is 1. The van der Waals surface area contributed by atoms with Crippen molar-refractivity contribution in [2.75, 3.05) is 24.5 Å². The normalized spacial score (nSPS) is 16.8. The van der Waals surface area contributed by atoms with Crippen molar-refractivity contribution in [2.24, 2.45) is 0 Å². The number of piperazine rings is 1. The van der Waals surface area contributed by atoms with Crippen LogP contribution in [0.3, 0.4) is 0 Å². The number of aromatic nitrogens is 1. The summed E-state index contributed by atoms with van der Waals surface area (Å²) in [7, 11) is 0. The standard InChI is InChI=1S/C26H27N3O3/c1-4-28-22(15-21-24(28)20-10-5-6-11-23(20)32-26(21)31)25(30)27-12-13-29(18(3)16-27)19-9-7-8-17(2)14-19/h5-11,14-15,18H,4,12-13,16H2,1-3H3/t18-/m1/s1. The number of aryl methyl sites for hydroxylation is 2. The molecule has 0 radical (unpaired) electrons. The maximum Gasteiger partial charge on any atom is 0.345 e. The predicted octanol–water partition coefficient (Wildman–Crippen LogP) is 4.43. The molecule has 0 bridgehead atoms. The van der Waals surface area contributed by atoms with E-state index in [-0.39, 0.29) is 11.9 Å². The van der Waals surface area contributed by atoms with Gasteiger partial charge in [0.15, 0.2) is 0 Å². The molecular formula is C26H27N3O3. The third-order valence-corrected chi connectivity index (χ3v) is 6.44. The van der Waals surface area contributed by atoms with Gasteiger partial charge in [-0.1, -0.05) is 24.3 Å². The molecule has 1 atom stereocenters. The molecule has 5 rings (SSSR count). The van der Waals surface area contributed by atoms with E-state index < -0.39 is 5.63 Å². The van der Waals surface area contributed by atoms with Gasteiger partial charge in [0.2, 0.25) is 0 Å². The number of carbonyl (C=O) groups is 1. The summed E-state index contributed by atoms with van der Waals surface area (Å²) in [6.07, 6.45) is 0. The van der Waals surface area contributed by atoms with Crippen LogP contribution in [0.4, 0.5) is 5.69 Å². The molecule has 6 heteroatoms. The molecule has 1 aliphatic rings. The zero-order valence-corrected chi connectivity index (χ0v) is 18.7. The average molecular weight is 430 g/mol. The van der Waals surface area contributed by atoms with Crippen LogP contribution in [-0.4, -0.2) is 41.1 Å². The van der Waals surface area contributed by atoms with Crippen LogP contribution in [0.25, 0.3) is 21.9 Å². The highest BCUT2D eigenvalue weighted by molar-refractivity contribution is 6.07. The Morgan fingerprint density at radius 2 is 1.88 bits per heavy atom. The molecule has 0 unspecified atom stereocenters. The van der Waals surface area contributed by atoms with Crippen molar-refractivity contribution < 1.29 is 9.21 Å². The van der Waals surface area contributed by atoms with Crippen molar-refractivity contribution in [2.45, 2.75) is 33.4 Å². The van der Waals surface area contributed by atoms with E-state index in [1.807, 2.05) is 34.6 Å². The van der Waals surface area contributed by atoms with Crippen molar-refractivity contribution in [1.82, 2.24) is 9.47 Å². The molecule has 0 saturated carbocycles. The molecule has 2 aromatic heterocycles. The number of carbonyl (C=O) groups excluding carboxylic acids is 1. The van der Waals surface area contributed by atoms with Crippen molar-refractivity contribution in [3.8, 4) is 0 Å². The van der Waals surface area contributed by atoms with Crippen molar-refractivity contribution in [3.05, 3.63) is 76.3 Å². The fourth-order valence-electron chi connectivity index (χ4n) is 4.90. The van der Waals surface area contributed by atoms with Crippen LogP contribution in [0.15, 0.2) is 63.8 Å². The number of benzene rings is 2. The molecule has 164 valence electrons. The maximum absolute atomic E-state index is 13.6. The van der Waals surface area contributed by atoms with Gasteiger partial charge in [0, 0.05) is 43.3 Å². The lowest BCUT2D eigenvalue weighted by Gasteiger charge is -2.41. The van der Waals surface area contributed by atoms with Crippen LogP contribution in [0, 0.1) is 6.92 Å². The Balaban J connectivity index is 1.50. The van der Waals surface area contributed by atoms with E-state index in [0.29, 0.717) is 36.3 Å². The lowest BCUT2D eigenvalue weighted by atomic mass is 10.1. The summed E-state index contributed by atoms with van der Waals surface area (Å²) in [4.78, 5) is 30.5. The lowest BCUT2D eigenvalue weighted by molar-refractivity contribution is 0.0716. The van der Waals surface area contributed by atoms with Crippen LogP contribution >= 0.6 is 0 Å². The number of hydrogen-bond acceptors (Lipinski definition) is 4. The number of amides is 1. The van der Waals surface area contributed by atoms with E-state index in [1.165, 1.54) is 11.3 Å². The van der Waals surface area contributed by atoms with E-state index >= 15 is 0 Å². The first-order chi connectivity index (χ1) is 15.5. The fourth-order valence-corrected chi connectivity index (χ4v) is 4.90. The first-order valence-electron chi connectivity index (χ1n) is 11.2. The third-order valence-electron chi connectivity index (χ3n) is 6.44. The minimum absolute atomic E-state index is 0.0396. The highest BCUT2D eigenvalue weighted by atomic mass is 16.4. The Morgan fingerprint density at radius 1 is 1.06 bits per heavy atom. The van der Waals surface area contributed by atoms with Crippen molar-refractivity contribution in [3.63, 3.8) is 0 Å². The Morgan fingerprint density at radius 3 is 2.62 bits per heavy atom. The van der Waals surface area contributed by atoms with Gasteiger partial charge in [-0.2, -0.15) is 0 Å². The number of fused-ring (bicyclic) bond motifs is 3. The van der Waals surface area contributed by atoms with Crippen LogP contribution in [0.1, 0.15) is 29.9 Å². The molecule has 6 nitrogen and oxygen atoms in total. The van der Waals surface area contributed by atoms with Crippen LogP contribution in [0.2, 0.25) is 0 Å². The summed E-state index contributed by atoms with van der Waals surface area (Å²) in [5.41, 5.74) is 3.87. The summed E-state index contributed by atoms with van der Waals surface area (Å²) in [6, 6.07) is 17.9. The molecule has 3 heterocycles. The first kappa shape index (κ1) is 20.4. The summed E-state index contributed by atoms with van der Waals surface area (Å²) in [6.45, 7) is 8.88. The quantitative estimate of drug-likeness (QED) is 0.452. The third kappa shape index (κ3) is 3.27. The molecule has 1 saturated heterocycles. The predicted molar refractivity (Wildman–Crippen MR) is 128 cm³/mol. The van der Waals surface area contributed by atoms with Crippen LogP contribution < -0.4 is 10.5 Å². The number of nitrogens with zero attached hydrogens (tertiary/aromatic N) is 3. The summed E-state index contributed by atoms with van der Waals surface area (Å²) < 4.78 is 7.46. The number of hydrogen-bond donors (Lipinski definition) is 0. The van der Waals surface area contributed by atoms with Gasteiger partial charge in [0.05, 0.1) is 10.9 Å². The van der Waals surface area contributed by atoms with E-state index in [0.717, 1.165) is 17.4 Å². The molecule has 0 N–H and O–H groups in total. The van der Waals surface area contributed by atoms with Gasteiger partial charge in [-0.3, -0.25) is 4.79 Å². The van der Waals surface area contributed by atoms with Crippen molar-refractivity contribution >= 4 is 33.5 Å². The molecule has 1 aliphatic heterocycles. The summed E-state index contributed by atoms with van der Waals surface area (Å²) in [5.74, 6) is -0.0396. The lowest BCUT2D eigenvalue weighted by Crippen LogP contribution is -2.54. The van der Waals surface area contributed by atoms with E-state index in [2.05, 4.69) is 43.0 Å². The molecule has 4 aromatic rings. The van der Waals surface area contributed by atoms with Gasteiger partial charge in [-0.05, 0) is 56.7 Å². The molecule has 0 aliphatic carbocycles. The molecule has 32 heavy (non-hydrogen) atoms. The second-order valence-electron chi connectivity index (χ2n) is 8.55. The average Bonchev–Trinajstić information content (AvgIpc) is 3.19. The minimum atomic E-state index is -0.405. The van der Waals surface area contributed by atoms with Gasteiger partial charge in [0.25, 0.3) is 5.91 Å². The number of anilines is 1. The summed E-state index contributed by atoms with van der Waals surface area (Å²) >= 11 is 0. The molecule has 1 fully saturated rings. The number of rotatable bonds is 3. The first-order valence-corrected chi connectivity index (χ1v) is 11.2. The zero-order chi connectivity index (χ0) is 22.4. The Hall–Kier alpha value is -3.54. The highest BCUT2D eigenvalue weighted by Crippen LogP contribution is 2.28. The van der Waals surface area contributed by atoms with Gasteiger partial charge < -0.3 is 18.8 Å². The molecule has 1 amide bonds. The Kier molecular flexibility index (Phi) is 5.00. The van der Waals surface area contributed by atoms with Crippen LogP contribution in [0.5, 0.6) is 0 Å². The van der Waals surface area contributed by atoms with Crippen molar-refractivity contribution in [1.29, 1.82) is 0 Å². The Labute approximate surface area is 186 Å². The highest BCUT2D eigenvalue weighted by Gasteiger charge is 2.30. The van der Waals surface area contributed by atoms with E-state index in [9.17, 15) is 9.59 Å². The smallest absolute Gasteiger partial charge is 0.345 e. The molecular weight excluding hydrogens is 402 g/mol.